The van der Waals surface area contributed by atoms with Crippen LogP contribution in [0.25, 0.3) is 83.6 Å². The van der Waals surface area contributed by atoms with Gasteiger partial charge in [0.05, 0.1) is 11.0 Å². The van der Waals surface area contributed by atoms with Crippen molar-refractivity contribution in [2.45, 2.75) is 0 Å². The van der Waals surface area contributed by atoms with Crippen LogP contribution in [0.1, 0.15) is 0 Å². The van der Waals surface area contributed by atoms with Crippen molar-refractivity contribution in [2.24, 2.45) is 0 Å². The predicted molar refractivity (Wildman–Crippen MR) is 193 cm³/mol. The Morgan fingerprint density at radius 3 is 1.75 bits per heavy atom. The highest BCUT2D eigenvalue weighted by molar-refractivity contribution is 6.12. The number of benzene rings is 7. The quantitative estimate of drug-likeness (QED) is 0.198. The first kappa shape index (κ1) is 26.6. The molecule has 0 spiro atoms. The largest absolute Gasteiger partial charge is 0.456 e. The minimum Gasteiger partial charge on any atom is -0.456 e. The van der Waals surface area contributed by atoms with E-state index in [0.717, 1.165) is 77.5 Å². The van der Waals surface area contributed by atoms with Gasteiger partial charge in [-0.1, -0.05) is 127 Å². The molecule has 3 heterocycles. The van der Waals surface area contributed by atoms with E-state index < -0.39 is 0 Å². The van der Waals surface area contributed by atoms with Crippen LogP contribution in [0.2, 0.25) is 0 Å². The van der Waals surface area contributed by atoms with Crippen LogP contribution in [-0.2, 0) is 0 Å². The van der Waals surface area contributed by atoms with Gasteiger partial charge in [0.2, 0.25) is 5.95 Å². The Kier molecular flexibility index (Phi) is 5.81. The van der Waals surface area contributed by atoms with Gasteiger partial charge in [0.15, 0.2) is 11.6 Å². The Hall–Kier alpha value is -6.59. The third-order valence-corrected chi connectivity index (χ3v) is 9.28. The zero-order valence-corrected chi connectivity index (χ0v) is 25.7. The molecule has 0 amide bonds. The number of hydrogen-bond acceptors (Lipinski definition) is 4. The molecule has 0 aliphatic carbocycles. The summed E-state index contributed by atoms with van der Waals surface area (Å²) < 4.78 is 8.77. The maximum absolute atomic E-state index is 6.62. The first-order valence-electron chi connectivity index (χ1n) is 16.0. The molecular formula is C43H26N4O. The smallest absolute Gasteiger partial charge is 0.238 e. The van der Waals surface area contributed by atoms with E-state index in [1.54, 1.807) is 0 Å². The average molecular weight is 615 g/mol. The van der Waals surface area contributed by atoms with Crippen molar-refractivity contribution in [3.63, 3.8) is 0 Å². The summed E-state index contributed by atoms with van der Waals surface area (Å²) in [6.45, 7) is 0. The molecular weight excluding hydrogens is 589 g/mol. The molecule has 5 nitrogen and oxygen atoms in total. The number of nitrogens with zero attached hydrogens (tertiary/aromatic N) is 4. The van der Waals surface area contributed by atoms with E-state index in [2.05, 4.69) is 114 Å². The lowest BCUT2D eigenvalue weighted by Crippen LogP contribution is -2.07. The second-order valence-corrected chi connectivity index (χ2v) is 12.0. The highest BCUT2D eigenvalue weighted by atomic mass is 16.5. The van der Waals surface area contributed by atoms with Crippen molar-refractivity contribution in [3.8, 4) is 62.5 Å². The fraction of sp³-hybridized carbons (Fsp3) is 0. The number of aromatic nitrogens is 4. The molecule has 0 saturated carbocycles. The van der Waals surface area contributed by atoms with E-state index in [1.165, 1.54) is 0 Å². The number of para-hydroxylation sites is 2. The molecule has 2 aromatic heterocycles. The molecule has 0 saturated heterocycles. The Bertz CT molecular complexity index is 2640. The number of rotatable bonds is 4. The maximum atomic E-state index is 6.62. The van der Waals surface area contributed by atoms with Crippen LogP contribution in [-0.4, -0.2) is 19.5 Å². The maximum Gasteiger partial charge on any atom is 0.238 e. The minimum absolute atomic E-state index is 0.574. The van der Waals surface area contributed by atoms with Crippen LogP contribution in [0.3, 0.4) is 0 Å². The lowest BCUT2D eigenvalue weighted by atomic mass is 9.88. The standard InChI is InChI=1S/C43H26N4O/c1-3-13-27(14-4-1)29-19-12-24-37-39(29)34-21-11-20-32-33(25-26-38(48-37)40(32)34)42-44-41(28-15-5-2-6-16-28)45-43(46-42)47-35-22-9-7-17-30(35)31-18-8-10-23-36(31)47/h1-26H. The van der Waals surface area contributed by atoms with Crippen LogP contribution in [0.5, 0.6) is 11.5 Å². The summed E-state index contributed by atoms with van der Waals surface area (Å²) in [4.78, 5) is 15.5. The van der Waals surface area contributed by atoms with Crippen LogP contribution < -0.4 is 4.74 Å². The van der Waals surface area contributed by atoms with Crippen molar-refractivity contribution in [1.29, 1.82) is 0 Å². The van der Waals surface area contributed by atoms with Gasteiger partial charge >= 0.3 is 0 Å². The molecule has 224 valence electrons. The Balaban J connectivity index is 1.25. The fourth-order valence-electron chi connectivity index (χ4n) is 7.17. The highest BCUT2D eigenvalue weighted by Crippen LogP contribution is 2.51. The van der Waals surface area contributed by atoms with E-state index in [-0.39, 0.29) is 0 Å². The van der Waals surface area contributed by atoms with Gasteiger partial charge in [-0.3, -0.25) is 4.57 Å². The lowest BCUT2D eigenvalue weighted by Gasteiger charge is -2.24. The topological polar surface area (TPSA) is 52.8 Å². The van der Waals surface area contributed by atoms with Crippen molar-refractivity contribution in [2.75, 3.05) is 0 Å². The minimum atomic E-state index is 0.574. The van der Waals surface area contributed by atoms with Gasteiger partial charge in [-0.15, -0.1) is 0 Å². The van der Waals surface area contributed by atoms with Gasteiger partial charge in [0.25, 0.3) is 0 Å². The molecule has 0 N–H and O–H groups in total. The summed E-state index contributed by atoms with van der Waals surface area (Å²) in [6.07, 6.45) is 0. The van der Waals surface area contributed by atoms with E-state index in [0.29, 0.717) is 17.6 Å². The molecule has 7 aromatic carbocycles. The molecule has 10 rings (SSSR count). The zero-order valence-electron chi connectivity index (χ0n) is 25.7. The molecule has 0 fully saturated rings. The van der Waals surface area contributed by atoms with Crippen LogP contribution in [0.15, 0.2) is 158 Å². The lowest BCUT2D eigenvalue weighted by molar-refractivity contribution is 0.487. The fourth-order valence-corrected chi connectivity index (χ4v) is 7.17. The molecule has 9 aromatic rings. The van der Waals surface area contributed by atoms with Gasteiger partial charge in [-0.05, 0) is 52.4 Å². The average Bonchev–Trinajstić information content (AvgIpc) is 3.50. The molecule has 0 bridgehead atoms. The second-order valence-electron chi connectivity index (χ2n) is 12.0. The predicted octanol–water partition coefficient (Wildman–Crippen LogP) is 10.9. The van der Waals surface area contributed by atoms with Gasteiger partial charge in [0, 0.05) is 32.8 Å². The Morgan fingerprint density at radius 1 is 0.396 bits per heavy atom. The van der Waals surface area contributed by atoms with E-state index >= 15 is 0 Å². The van der Waals surface area contributed by atoms with E-state index in [4.69, 9.17) is 19.7 Å². The normalized spacial score (nSPS) is 11.9. The summed E-state index contributed by atoms with van der Waals surface area (Å²) in [5, 5.41) is 4.38. The number of fused-ring (bicyclic) bond motifs is 5. The van der Waals surface area contributed by atoms with Crippen LogP contribution >= 0.6 is 0 Å². The Morgan fingerprint density at radius 2 is 1.00 bits per heavy atom. The Labute approximate surface area is 276 Å². The highest BCUT2D eigenvalue weighted by Gasteiger charge is 2.26. The SMILES string of the molecule is c1ccc(-c2nc(-c3ccc4c5c(cccc35)-c3c(cccc3-c3ccccc3)O4)nc(-n3c4ccccc4c4ccccc43)n2)cc1. The van der Waals surface area contributed by atoms with Crippen molar-refractivity contribution in [3.05, 3.63) is 158 Å². The van der Waals surface area contributed by atoms with Gasteiger partial charge < -0.3 is 4.74 Å². The molecule has 1 aliphatic rings. The monoisotopic (exact) mass is 614 g/mol. The molecule has 48 heavy (non-hydrogen) atoms. The van der Waals surface area contributed by atoms with E-state index in [1.807, 2.05) is 48.5 Å². The molecule has 1 aliphatic heterocycles. The number of ether oxygens (including phenoxy) is 1. The van der Waals surface area contributed by atoms with Gasteiger partial charge in [-0.25, -0.2) is 4.98 Å². The van der Waals surface area contributed by atoms with Crippen LogP contribution in [0, 0.1) is 0 Å². The van der Waals surface area contributed by atoms with Crippen molar-refractivity contribution >= 4 is 32.6 Å². The van der Waals surface area contributed by atoms with Gasteiger partial charge in [0.1, 0.15) is 11.5 Å². The summed E-state index contributed by atoms with van der Waals surface area (Å²) in [5.74, 6) is 3.47. The first-order valence-corrected chi connectivity index (χ1v) is 16.0. The van der Waals surface area contributed by atoms with Gasteiger partial charge in [-0.2, -0.15) is 9.97 Å². The second kappa shape index (κ2) is 10.5. The molecule has 0 radical (unpaired) electrons. The third kappa shape index (κ3) is 4.01. The summed E-state index contributed by atoms with van der Waals surface area (Å²) in [5.41, 5.74) is 8.44. The summed E-state index contributed by atoms with van der Waals surface area (Å²) >= 11 is 0. The third-order valence-electron chi connectivity index (χ3n) is 9.28. The first-order chi connectivity index (χ1) is 23.8. The number of hydrogen-bond donors (Lipinski definition) is 0. The van der Waals surface area contributed by atoms with E-state index in [9.17, 15) is 0 Å². The molecule has 0 atom stereocenters. The van der Waals surface area contributed by atoms with Crippen molar-refractivity contribution < 1.29 is 4.74 Å². The molecule has 5 heteroatoms. The van der Waals surface area contributed by atoms with Crippen molar-refractivity contribution in [1.82, 2.24) is 19.5 Å². The van der Waals surface area contributed by atoms with Crippen LogP contribution in [0.4, 0.5) is 0 Å². The molecule has 0 unspecified atom stereocenters. The summed E-state index contributed by atoms with van der Waals surface area (Å²) in [6, 6.07) is 54.3. The zero-order chi connectivity index (χ0) is 31.6. The summed E-state index contributed by atoms with van der Waals surface area (Å²) in [7, 11) is 0.